The van der Waals surface area contributed by atoms with Gasteiger partial charge in [-0.3, -0.25) is 5.84 Å². The van der Waals surface area contributed by atoms with Crippen LogP contribution in [0.1, 0.15) is 25.1 Å². The van der Waals surface area contributed by atoms with Crippen LogP contribution >= 0.6 is 15.9 Å². The monoisotopic (exact) mass is 268 g/mol. The van der Waals surface area contributed by atoms with Gasteiger partial charge in [-0.05, 0) is 34.5 Å². The number of halogens is 1. The summed E-state index contributed by atoms with van der Waals surface area (Å²) in [6.45, 7) is 2.06. The molecule has 0 amide bonds. The van der Waals surface area contributed by atoms with Gasteiger partial charge in [-0.25, -0.2) is 5.43 Å². The first-order valence-corrected chi connectivity index (χ1v) is 5.69. The SMILES string of the molecule is CCC(NN)c1cc2cccc(Br)c2o1. The van der Waals surface area contributed by atoms with Crippen LogP contribution in [-0.4, -0.2) is 0 Å². The molecule has 0 aliphatic heterocycles. The molecule has 0 aliphatic carbocycles. The lowest BCUT2D eigenvalue weighted by Crippen LogP contribution is -2.26. The summed E-state index contributed by atoms with van der Waals surface area (Å²) in [5, 5.41) is 1.09. The second-order valence-electron chi connectivity index (χ2n) is 3.43. The molecule has 0 fully saturated rings. The van der Waals surface area contributed by atoms with E-state index in [-0.39, 0.29) is 6.04 Å². The molecule has 3 N–H and O–H groups in total. The molecular formula is C11H13BrN2O. The normalized spacial score (nSPS) is 13.3. The Bertz CT molecular complexity index is 463. The van der Waals surface area contributed by atoms with E-state index in [9.17, 15) is 0 Å². The minimum absolute atomic E-state index is 0.0734. The number of hydrogen-bond acceptors (Lipinski definition) is 3. The van der Waals surface area contributed by atoms with Crippen molar-refractivity contribution in [2.24, 2.45) is 5.84 Å². The summed E-state index contributed by atoms with van der Waals surface area (Å²) in [5.74, 6) is 6.33. The van der Waals surface area contributed by atoms with Crippen molar-refractivity contribution in [3.8, 4) is 0 Å². The summed E-state index contributed by atoms with van der Waals surface area (Å²) in [6, 6.07) is 8.07. The summed E-state index contributed by atoms with van der Waals surface area (Å²) in [5.41, 5.74) is 3.62. The molecule has 1 heterocycles. The van der Waals surface area contributed by atoms with Gasteiger partial charge in [0.25, 0.3) is 0 Å². The molecule has 3 nitrogen and oxygen atoms in total. The third-order valence-electron chi connectivity index (χ3n) is 2.47. The predicted octanol–water partition coefficient (Wildman–Crippen LogP) is 3.11. The average molecular weight is 269 g/mol. The molecule has 0 bridgehead atoms. The number of nitrogens with one attached hydrogen (secondary N) is 1. The molecule has 0 aliphatic rings. The third kappa shape index (κ3) is 1.93. The van der Waals surface area contributed by atoms with Crippen LogP contribution < -0.4 is 11.3 Å². The lowest BCUT2D eigenvalue weighted by atomic mass is 10.1. The number of para-hydroxylation sites is 1. The van der Waals surface area contributed by atoms with E-state index < -0.39 is 0 Å². The molecule has 0 saturated heterocycles. The Morgan fingerprint density at radius 3 is 2.93 bits per heavy atom. The first-order valence-electron chi connectivity index (χ1n) is 4.90. The van der Waals surface area contributed by atoms with Crippen LogP contribution in [0.5, 0.6) is 0 Å². The Morgan fingerprint density at radius 2 is 2.33 bits per heavy atom. The summed E-state index contributed by atoms with van der Waals surface area (Å²) in [7, 11) is 0. The molecule has 0 saturated carbocycles. The van der Waals surface area contributed by atoms with Crippen LogP contribution in [0.3, 0.4) is 0 Å². The minimum atomic E-state index is 0.0734. The van der Waals surface area contributed by atoms with Gasteiger partial charge in [0, 0.05) is 5.39 Å². The van der Waals surface area contributed by atoms with E-state index in [4.69, 9.17) is 10.3 Å². The van der Waals surface area contributed by atoms with E-state index >= 15 is 0 Å². The largest absolute Gasteiger partial charge is 0.458 e. The lowest BCUT2D eigenvalue weighted by molar-refractivity contribution is 0.427. The summed E-state index contributed by atoms with van der Waals surface area (Å²) >= 11 is 3.46. The number of hydrogen-bond donors (Lipinski definition) is 2. The maximum absolute atomic E-state index is 5.75. The molecule has 1 atom stereocenters. The molecule has 0 radical (unpaired) electrons. The molecule has 1 aromatic heterocycles. The van der Waals surface area contributed by atoms with E-state index in [0.717, 1.165) is 27.6 Å². The predicted molar refractivity (Wildman–Crippen MR) is 64.3 cm³/mol. The topological polar surface area (TPSA) is 51.2 Å². The van der Waals surface area contributed by atoms with E-state index in [1.54, 1.807) is 0 Å². The molecule has 1 aromatic carbocycles. The van der Waals surface area contributed by atoms with E-state index in [2.05, 4.69) is 28.3 Å². The highest BCUT2D eigenvalue weighted by atomic mass is 79.9. The molecule has 2 aromatic rings. The zero-order valence-electron chi connectivity index (χ0n) is 8.46. The first kappa shape index (κ1) is 10.7. The molecule has 1 unspecified atom stereocenters. The number of nitrogens with two attached hydrogens (primary N) is 1. The van der Waals surface area contributed by atoms with Crippen molar-refractivity contribution >= 4 is 26.9 Å². The van der Waals surface area contributed by atoms with Crippen LogP contribution in [0.15, 0.2) is 33.2 Å². The van der Waals surface area contributed by atoms with Gasteiger partial charge in [-0.15, -0.1) is 0 Å². The number of hydrazine groups is 1. The van der Waals surface area contributed by atoms with Crippen LogP contribution in [0.25, 0.3) is 11.0 Å². The maximum atomic E-state index is 5.75. The molecule has 80 valence electrons. The van der Waals surface area contributed by atoms with Crippen LogP contribution in [0.4, 0.5) is 0 Å². The van der Waals surface area contributed by atoms with E-state index in [1.807, 2.05) is 24.3 Å². The van der Waals surface area contributed by atoms with Gasteiger partial charge in [0.05, 0.1) is 10.5 Å². The standard InChI is InChI=1S/C11H13BrN2O/c1-2-9(14-13)10-6-7-4-3-5-8(12)11(7)15-10/h3-6,9,14H,2,13H2,1H3. The fourth-order valence-electron chi connectivity index (χ4n) is 1.62. The van der Waals surface area contributed by atoms with Crippen molar-refractivity contribution in [1.29, 1.82) is 0 Å². The number of rotatable bonds is 3. The molecule has 15 heavy (non-hydrogen) atoms. The van der Waals surface area contributed by atoms with Gasteiger partial charge >= 0.3 is 0 Å². The van der Waals surface area contributed by atoms with Crippen molar-refractivity contribution < 1.29 is 4.42 Å². The Kier molecular flexibility index (Phi) is 3.09. The molecule has 4 heteroatoms. The zero-order valence-corrected chi connectivity index (χ0v) is 10.0. The lowest BCUT2D eigenvalue weighted by Gasteiger charge is -2.08. The highest BCUT2D eigenvalue weighted by Crippen LogP contribution is 2.30. The summed E-state index contributed by atoms with van der Waals surface area (Å²) in [6.07, 6.45) is 0.897. The number of fused-ring (bicyclic) bond motifs is 1. The van der Waals surface area contributed by atoms with Crippen LogP contribution in [0, 0.1) is 0 Å². The quantitative estimate of drug-likeness (QED) is 0.665. The van der Waals surface area contributed by atoms with E-state index in [1.165, 1.54) is 0 Å². The summed E-state index contributed by atoms with van der Waals surface area (Å²) < 4.78 is 6.72. The summed E-state index contributed by atoms with van der Waals surface area (Å²) in [4.78, 5) is 0. The van der Waals surface area contributed by atoms with Gasteiger partial charge in [0.2, 0.25) is 0 Å². The van der Waals surface area contributed by atoms with Crippen molar-refractivity contribution in [2.75, 3.05) is 0 Å². The smallest absolute Gasteiger partial charge is 0.148 e. The highest BCUT2D eigenvalue weighted by molar-refractivity contribution is 9.10. The first-order chi connectivity index (χ1) is 7.26. The maximum Gasteiger partial charge on any atom is 0.148 e. The van der Waals surface area contributed by atoms with Crippen molar-refractivity contribution in [3.05, 3.63) is 34.5 Å². The van der Waals surface area contributed by atoms with Gasteiger partial charge < -0.3 is 4.42 Å². The van der Waals surface area contributed by atoms with Crippen molar-refractivity contribution in [2.45, 2.75) is 19.4 Å². The third-order valence-corrected chi connectivity index (χ3v) is 3.09. The van der Waals surface area contributed by atoms with Gasteiger partial charge in [0.1, 0.15) is 11.3 Å². The second kappa shape index (κ2) is 4.35. The molecule has 2 rings (SSSR count). The van der Waals surface area contributed by atoms with Crippen LogP contribution in [0.2, 0.25) is 0 Å². The fraction of sp³-hybridized carbons (Fsp3) is 0.273. The van der Waals surface area contributed by atoms with Gasteiger partial charge in [0.15, 0.2) is 0 Å². The van der Waals surface area contributed by atoms with Crippen LogP contribution in [-0.2, 0) is 0 Å². The number of benzene rings is 1. The van der Waals surface area contributed by atoms with Gasteiger partial charge in [-0.1, -0.05) is 19.1 Å². The Morgan fingerprint density at radius 1 is 1.53 bits per heavy atom. The highest BCUT2D eigenvalue weighted by Gasteiger charge is 2.13. The second-order valence-corrected chi connectivity index (χ2v) is 4.29. The van der Waals surface area contributed by atoms with E-state index in [0.29, 0.717) is 0 Å². The zero-order chi connectivity index (χ0) is 10.8. The minimum Gasteiger partial charge on any atom is -0.458 e. The molecule has 0 spiro atoms. The Hall–Kier alpha value is -0.840. The van der Waals surface area contributed by atoms with Gasteiger partial charge in [-0.2, -0.15) is 0 Å². The molecular weight excluding hydrogens is 256 g/mol. The van der Waals surface area contributed by atoms with Crippen molar-refractivity contribution in [3.63, 3.8) is 0 Å². The Labute approximate surface area is 96.7 Å². The average Bonchev–Trinajstić information content (AvgIpc) is 2.65. The fourth-order valence-corrected chi connectivity index (χ4v) is 2.08. The van der Waals surface area contributed by atoms with Crippen molar-refractivity contribution in [1.82, 2.24) is 5.43 Å². The number of furan rings is 1. The Balaban J connectivity index is 2.51.